The second-order valence-electron chi connectivity index (χ2n) is 9.91. The molecule has 0 bridgehead atoms. The summed E-state index contributed by atoms with van der Waals surface area (Å²) in [4.78, 5) is 29.9. The molecule has 0 spiro atoms. The molecule has 0 aliphatic heterocycles. The van der Waals surface area contributed by atoms with E-state index in [1.807, 2.05) is 30.3 Å². The molecule has 1 aromatic heterocycles. The zero-order chi connectivity index (χ0) is 26.0. The van der Waals surface area contributed by atoms with Crippen molar-refractivity contribution in [2.75, 3.05) is 12.4 Å². The van der Waals surface area contributed by atoms with E-state index in [1.165, 1.54) is 30.7 Å². The maximum Gasteiger partial charge on any atom is 0.274 e. The van der Waals surface area contributed by atoms with Gasteiger partial charge in [0, 0.05) is 28.4 Å². The molecule has 1 heterocycles. The molecular formula is C27H29N3O5S. The van der Waals surface area contributed by atoms with Crippen molar-refractivity contribution in [1.82, 2.24) is 0 Å². The van der Waals surface area contributed by atoms with Gasteiger partial charge < -0.3 is 15.2 Å². The topological polar surface area (TPSA) is 114 Å². The number of phenols is 1. The van der Waals surface area contributed by atoms with Gasteiger partial charge in [-0.25, -0.2) is 4.99 Å². The van der Waals surface area contributed by atoms with Crippen LogP contribution in [0.15, 0.2) is 47.5 Å². The maximum absolute atomic E-state index is 13.4. The van der Waals surface area contributed by atoms with Crippen molar-refractivity contribution in [2.24, 2.45) is 16.3 Å². The van der Waals surface area contributed by atoms with Crippen molar-refractivity contribution in [3.05, 3.63) is 74.1 Å². The molecule has 1 amide bonds. The average molecular weight is 508 g/mol. The molecule has 9 heteroatoms. The summed E-state index contributed by atoms with van der Waals surface area (Å²) >= 11 is 1.46. The summed E-state index contributed by atoms with van der Waals surface area (Å²) < 4.78 is 5.09. The lowest BCUT2D eigenvalue weighted by molar-refractivity contribution is -0.385. The minimum atomic E-state index is -0.561. The van der Waals surface area contributed by atoms with E-state index >= 15 is 0 Å². The largest absolute Gasteiger partial charge is 0.504 e. The van der Waals surface area contributed by atoms with Gasteiger partial charge in [-0.05, 0) is 48.3 Å². The van der Waals surface area contributed by atoms with Gasteiger partial charge >= 0.3 is 0 Å². The number of fused-ring (bicyclic) bond motifs is 1. The van der Waals surface area contributed by atoms with E-state index in [1.54, 1.807) is 0 Å². The van der Waals surface area contributed by atoms with E-state index < -0.39 is 4.92 Å². The molecule has 4 rings (SSSR count). The third kappa shape index (κ3) is 5.26. The van der Waals surface area contributed by atoms with Crippen molar-refractivity contribution < 1.29 is 19.6 Å². The van der Waals surface area contributed by atoms with Crippen LogP contribution in [0.25, 0.3) is 0 Å². The van der Waals surface area contributed by atoms with Gasteiger partial charge in [-0.1, -0.05) is 39.0 Å². The van der Waals surface area contributed by atoms with Crippen LogP contribution in [0.3, 0.4) is 0 Å². The number of phenolic OH excluding ortho intramolecular Hbond substituents is 1. The Morgan fingerprint density at radius 2 is 2.00 bits per heavy atom. The Labute approximate surface area is 213 Å². The number of hydrogen-bond donors (Lipinski definition) is 2. The number of rotatable bonds is 6. The molecule has 188 valence electrons. The number of amides is 1. The van der Waals surface area contributed by atoms with Gasteiger partial charge in [-0.15, -0.1) is 11.3 Å². The number of ether oxygens (including phenoxy) is 1. The van der Waals surface area contributed by atoms with Crippen molar-refractivity contribution in [2.45, 2.75) is 40.0 Å². The third-order valence-electron chi connectivity index (χ3n) is 6.57. The highest BCUT2D eigenvalue weighted by Gasteiger charge is 2.33. The molecule has 3 aromatic rings. The molecule has 0 unspecified atom stereocenters. The quantitative estimate of drug-likeness (QED) is 0.224. The molecule has 36 heavy (non-hydrogen) atoms. The zero-order valence-electron chi connectivity index (χ0n) is 20.7. The van der Waals surface area contributed by atoms with Gasteiger partial charge in [0.1, 0.15) is 5.00 Å². The summed E-state index contributed by atoms with van der Waals surface area (Å²) in [6, 6.07) is 11.6. The normalized spacial score (nSPS) is 15.5. The molecule has 1 aliphatic carbocycles. The highest BCUT2D eigenvalue weighted by Crippen LogP contribution is 2.45. The molecule has 1 aliphatic rings. The Morgan fingerprint density at radius 1 is 1.28 bits per heavy atom. The van der Waals surface area contributed by atoms with Gasteiger partial charge in [0.2, 0.25) is 0 Å². The Morgan fingerprint density at radius 3 is 2.64 bits per heavy atom. The first-order valence-electron chi connectivity index (χ1n) is 11.7. The van der Waals surface area contributed by atoms with Gasteiger partial charge in [0.25, 0.3) is 11.6 Å². The van der Waals surface area contributed by atoms with Gasteiger partial charge in [-0.3, -0.25) is 14.9 Å². The Kier molecular flexibility index (Phi) is 7.12. The van der Waals surface area contributed by atoms with Gasteiger partial charge in [0.05, 0.1) is 23.7 Å². The monoisotopic (exact) mass is 507 g/mol. The lowest BCUT2D eigenvalue weighted by Crippen LogP contribution is -2.27. The second kappa shape index (κ2) is 10.1. The van der Waals surface area contributed by atoms with Crippen LogP contribution >= 0.6 is 11.3 Å². The summed E-state index contributed by atoms with van der Waals surface area (Å²) in [7, 11) is 1.32. The summed E-state index contributed by atoms with van der Waals surface area (Å²) in [6.45, 7) is 6.70. The number of aromatic hydroxyl groups is 1. The van der Waals surface area contributed by atoms with Crippen molar-refractivity contribution in [1.29, 1.82) is 0 Å². The first-order chi connectivity index (χ1) is 17.1. The minimum absolute atomic E-state index is 0.0220. The van der Waals surface area contributed by atoms with E-state index in [0.29, 0.717) is 22.2 Å². The molecule has 0 fully saturated rings. The Bertz CT molecular complexity index is 1330. The fraction of sp³-hybridized carbons (Fsp3) is 0.333. The SMILES string of the molecule is COc1cc([N+](=O)[O-])cc(C=Nc2sc3c(c2C(=O)Nc2ccccc2)CC[C@@H](C(C)(C)C)C3)c1O. The molecule has 0 radical (unpaired) electrons. The van der Waals surface area contributed by atoms with Crippen molar-refractivity contribution in [3.63, 3.8) is 0 Å². The second-order valence-corrected chi connectivity index (χ2v) is 11.0. The number of benzene rings is 2. The van der Waals surface area contributed by atoms with Crippen LogP contribution in [0.2, 0.25) is 0 Å². The summed E-state index contributed by atoms with van der Waals surface area (Å²) in [5.41, 5.74) is 2.24. The number of methoxy groups -OCH3 is 1. The number of carbonyl (C=O) groups is 1. The summed E-state index contributed by atoms with van der Waals surface area (Å²) in [5, 5.41) is 25.3. The first kappa shape index (κ1) is 25.4. The minimum Gasteiger partial charge on any atom is -0.504 e. The maximum atomic E-state index is 13.4. The number of hydrogen-bond acceptors (Lipinski definition) is 7. The fourth-order valence-electron chi connectivity index (χ4n) is 4.45. The van der Waals surface area contributed by atoms with Crippen LogP contribution in [0.4, 0.5) is 16.4 Å². The number of para-hydroxylation sites is 1. The lowest BCUT2D eigenvalue weighted by atomic mass is 9.72. The van der Waals surface area contributed by atoms with E-state index in [0.717, 1.165) is 35.8 Å². The zero-order valence-corrected chi connectivity index (χ0v) is 21.5. The van der Waals surface area contributed by atoms with Crippen LogP contribution in [0.1, 0.15) is 53.6 Å². The van der Waals surface area contributed by atoms with E-state index in [-0.39, 0.29) is 34.1 Å². The van der Waals surface area contributed by atoms with Crippen molar-refractivity contribution >= 4 is 39.8 Å². The number of aliphatic imine (C=N–C) groups is 1. The van der Waals surface area contributed by atoms with E-state index in [2.05, 4.69) is 31.1 Å². The summed E-state index contributed by atoms with van der Waals surface area (Å²) in [5.74, 6) is -0.0427. The molecule has 8 nitrogen and oxygen atoms in total. The fourth-order valence-corrected chi connectivity index (χ4v) is 5.72. The molecule has 2 N–H and O–H groups in total. The molecular weight excluding hydrogens is 478 g/mol. The van der Waals surface area contributed by atoms with Crippen LogP contribution in [0.5, 0.6) is 11.5 Å². The lowest BCUT2D eigenvalue weighted by Gasteiger charge is -2.33. The number of thiophene rings is 1. The number of carbonyl (C=O) groups excluding carboxylic acids is 1. The number of anilines is 1. The number of nitrogens with zero attached hydrogens (tertiary/aromatic N) is 2. The number of nitro benzene ring substituents is 1. The smallest absolute Gasteiger partial charge is 0.274 e. The molecule has 0 saturated carbocycles. The first-order valence-corrected chi connectivity index (χ1v) is 12.5. The van der Waals surface area contributed by atoms with E-state index in [9.17, 15) is 20.0 Å². The third-order valence-corrected chi connectivity index (χ3v) is 7.73. The number of nitro groups is 1. The van der Waals surface area contributed by atoms with Crippen LogP contribution < -0.4 is 10.1 Å². The predicted octanol–water partition coefficient (Wildman–Crippen LogP) is 6.52. The standard InChI is InChI=1S/C27H29N3O5S/c1-27(2,3)17-10-11-20-22(13-17)36-26(23(20)25(32)29-18-8-6-5-7-9-18)28-15-16-12-19(30(33)34)14-21(35-4)24(16)31/h5-9,12,14-15,17,31H,10-11,13H2,1-4H3,(H,29,32)/t17-/m1/s1. The highest BCUT2D eigenvalue weighted by molar-refractivity contribution is 7.16. The molecule has 2 aromatic carbocycles. The highest BCUT2D eigenvalue weighted by atomic mass is 32.1. The molecule has 1 atom stereocenters. The van der Waals surface area contributed by atoms with Crippen LogP contribution in [-0.4, -0.2) is 29.3 Å². The van der Waals surface area contributed by atoms with Crippen LogP contribution in [0, 0.1) is 21.4 Å². The van der Waals surface area contributed by atoms with Crippen LogP contribution in [-0.2, 0) is 12.8 Å². The summed E-state index contributed by atoms with van der Waals surface area (Å²) in [6.07, 6.45) is 3.96. The average Bonchev–Trinajstić information content (AvgIpc) is 3.21. The van der Waals surface area contributed by atoms with Gasteiger partial charge in [-0.2, -0.15) is 0 Å². The Hall–Kier alpha value is -3.72. The number of non-ortho nitro benzene ring substituents is 1. The molecule has 0 saturated heterocycles. The van der Waals surface area contributed by atoms with Gasteiger partial charge in [0.15, 0.2) is 11.5 Å². The predicted molar refractivity (Wildman–Crippen MR) is 142 cm³/mol. The van der Waals surface area contributed by atoms with Crippen molar-refractivity contribution in [3.8, 4) is 11.5 Å². The Balaban J connectivity index is 1.77. The van der Waals surface area contributed by atoms with E-state index in [4.69, 9.17) is 4.74 Å². The number of nitrogens with one attached hydrogen (secondary N) is 1.